The number of rotatable bonds is 9. The van der Waals surface area contributed by atoms with Crippen molar-refractivity contribution >= 4 is 27.8 Å². The largest absolute Gasteiger partial charge is 0.492 e. The van der Waals surface area contributed by atoms with Crippen LogP contribution in [-0.4, -0.2) is 35.7 Å². The molecule has 39 heavy (non-hydrogen) atoms. The molecule has 0 aliphatic carbocycles. The summed E-state index contributed by atoms with van der Waals surface area (Å²) in [4.78, 5) is 15.7. The number of fused-ring (bicyclic) bond motifs is 2. The molecule has 3 aromatic rings. The normalized spacial score (nSPS) is 15.9. The topological polar surface area (TPSA) is 57.2 Å². The molecule has 208 valence electrons. The number of hydrogen-bond donors (Lipinski definition) is 0. The number of esters is 1. The number of nitrogens with zero attached hydrogens (tertiary/aromatic N) is 1. The summed E-state index contributed by atoms with van der Waals surface area (Å²) in [5, 5.41) is 0. The van der Waals surface area contributed by atoms with Crippen molar-refractivity contribution in [3.8, 4) is 17.2 Å². The first-order chi connectivity index (χ1) is 18.4. The Morgan fingerprint density at radius 1 is 0.872 bits per heavy atom. The molecular weight excluding hydrogens is 506 g/mol. The molecular formula is C32H41NO5Si. The number of hydrogen-bond acceptors (Lipinski definition) is 6. The second kappa shape index (κ2) is 11.1. The Bertz CT molecular complexity index is 1260. The van der Waals surface area contributed by atoms with Gasteiger partial charge >= 0.3 is 5.97 Å². The highest BCUT2D eigenvalue weighted by atomic mass is 28.2. The minimum absolute atomic E-state index is 0.210. The molecule has 0 saturated carbocycles. The number of anilines is 2. The van der Waals surface area contributed by atoms with Crippen LogP contribution in [0.15, 0.2) is 72.8 Å². The Labute approximate surface area is 235 Å². The monoisotopic (exact) mass is 547 g/mol. The fraction of sp³-hybridized carbons (Fsp3) is 0.406. The van der Waals surface area contributed by atoms with Crippen molar-refractivity contribution in [3.63, 3.8) is 0 Å². The highest BCUT2D eigenvalue weighted by molar-refractivity contribution is 5.99. The summed E-state index contributed by atoms with van der Waals surface area (Å²) in [7, 11) is 0.463. The predicted molar refractivity (Wildman–Crippen MR) is 159 cm³/mol. The maximum absolute atomic E-state index is 13.5. The van der Waals surface area contributed by atoms with Gasteiger partial charge in [-0.05, 0) is 75.1 Å². The SMILES string of the molecule is CC(C)OC(=O)C(C)(C(C)(C)C)[C@@](C)(O[SiH3])c1ccc(OCCN2c3ccccc3Oc3ccccc32)cc1. The summed E-state index contributed by atoms with van der Waals surface area (Å²) in [5.74, 6) is 2.17. The van der Waals surface area contributed by atoms with Crippen molar-refractivity contribution in [2.75, 3.05) is 18.1 Å². The molecule has 0 spiro atoms. The number of carbonyl (C=O) groups excluding carboxylic acids is 1. The molecule has 1 aliphatic rings. The van der Waals surface area contributed by atoms with Crippen LogP contribution in [0.2, 0.25) is 0 Å². The average Bonchev–Trinajstić information content (AvgIpc) is 2.91. The van der Waals surface area contributed by atoms with Gasteiger partial charge in [0.25, 0.3) is 0 Å². The summed E-state index contributed by atoms with van der Waals surface area (Å²) in [6.45, 7) is 15.0. The third kappa shape index (κ3) is 5.30. The third-order valence-electron chi connectivity index (χ3n) is 8.13. The molecule has 1 heterocycles. The smallest absolute Gasteiger partial charge is 0.315 e. The zero-order chi connectivity index (χ0) is 28.4. The molecule has 2 atom stereocenters. The fourth-order valence-electron chi connectivity index (χ4n) is 5.31. The van der Waals surface area contributed by atoms with Gasteiger partial charge < -0.3 is 23.5 Å². The Balaban J connectivity index is 1.53. The molecule has 6 nitrogen and oxygen atoms in total. The molecule has 3 aromatic carbocycles. The first-order valence-electron chi connectivity index (χ1n) is 13.6. The van der Waals surface area contributed by atoms with Crippen LogP contribution in [0.3, 0.4) is 0 Å². The van der Waals surface area contributed by atoms with Crippen molar-refractivity contribution in [2.24, 2.45) is 10.8 Å². The Hall–Kier alpha value is -3.29. The molecule has 1 aliphatic heterocycles. The molecule has 7 heteroatoms. The molecule has 0 N–H and O–H groups in total. The Morgan fingerprint density at radius 2 is 1.41 bits per heavy atom. The van der Waals surface area contributed by atoms with Crippen molar-refractivity contribution in [3.05, 3.63) is 78.4 Å². The molecule has 0 radical (unpaired) electrons. The van der Waals surface area contributed by atoms with E-state index in [4.69, 9.17) is 18.6 Å². The summed E-state index contributed by atoms with van der Waals surface area (Å²) >= 11 is 0. The minimum atomic E-state index is -0.925. The maximum Gasteiger partial charge on any atom is 0.315 e. The molecule has 0 aromatic heterocycles. The Morgan fingerprint density at radius 3 is 1.90 bits per heavy atom. The van der Waals surface area contributed by atoms with Gasteiger partial charge in [-0.2, -0.15) is 0 Å². The minimum Gasteiger partial charge on any atom is -0.492 e. The van der Waals surface area contributed by atoms with Crippen LogP contribution in [-0.2, 0) is 19.6 Å². The standard InChI is InChI=1S/C32H41NO5Si/c1-22(2)36-29(34)31(6,30(3,4)5)32(7,38-39)23-16-18-24(19-17-23)35-21-20-33-25-12-8-10-14-27(25)37-28-15-11-9-13-26(28)33/h8-19,22H,20-21H2,1-7,39H3/t31?,32-/m0/s1. The summed E-state index contributed by atoms with van der Waals surface area (Å²) < 4.78 is 24.3. The van der Waals surface area contributed by atoms with Crippen molar-refractivity contribution in [2.45, 2.75) is 60.2 Å². The van der Waals surface area contributed by atoms with Crippen LogP contribution in [0.4, 0.5) is 11.4 Å². The fourth-order valence-corrected chi connectivity index (χ4v) is 5.95. The number of ether oxygens (including phenoxy) is 3. The van der Waals surface area contributed by atoms with E-state index in [1.54, 1.807) is 0 Å². The molecule has 4 rings (SSSR count). The van der Waals surface area contributed by atoms with Crippen LogP contribution in [0.5, 0.6) is 17.2 Å². The van der Waals surface area contributed by atoms with Gasteiger partial charge in [-0.3, -0.25) is 4.79 Å². The zero-order valence-electron chi connectivity index (χ0n) is 24.4. The first kappa shape index (κ1) is 28.7. The van der Waals surface area contributed by atoms with Crippen LogP contribution in [0.1, 0.15) is 54.0 Å². The van der Waals surface area contributed by atoms with Crippen molar-refractivity contribution in [1.29, 1.82) is 0 Å². The van der Waals surface area contributed by atoms with Gasteiger partial charge in [0.05, 0.1) is 29.6 Å². The van der Waals surface area contributed by atoms with Crippen molar-refractivity contribution < 1.29 is 23.4 Å². The summed E-state index contributed by atoms with van der Waals surface area (Å²) in [6.07, 6.45) is -0.210. The lowest BCUT2D eigenvalue weighted by molar-refractivity contribution is -0.189. The van der Waals surface area contributed by atoms with Gasteiger partial charge in [0.1, 0.15) is 28.3 Å². The van der Waals surface area contributed by atoms with Gasteiger partial charge in [0, 0.05) is 0 Å². The molecule has 0 bridgehead atoms. The second-order valence-electron chi connectivity index (χ2n) is 11.6. The van der Waals surface area contributed by atoms with E-state index in [0.29, 0.717) is 23.6 Å². The van der Waals surface area contributed by atoms with E-state index in [-0.39, 0.29) is 12.1 Å². The highest BCUT2D eigenvalue weighted by Gasteiger charge is 2.59. The third-order valence-corrected chi connectivity index (χ3v) is 8.95. The predicted octanol–water partition coefficient (Wildman–Crippen LogP) is 6.53. The quantitative estimate of drug-likeness (QED) is 0.224. The van der Waals surface area contributed by atoms with Gasteiger partial charge in [0.15, 0.2) is 11.5 Å². The van der Waals surface area contributed by atoms with E-state index < -0.39 is 16.4 Å². The molecule has 0 fully saturated rings. The second-order valence-corrected chi connectivity index (χ2v) is 12.0. The van der Waals surface area contributed by atoms with Gasteiger partial charge in [-0.25, -0.2) is 0 Å². The van der Waals surface area contributed by atoms with Gasteiger partial charge in [0.2, 0.25) is 0 Å². The van der Waals surface area contributed by atoms with E-state index in [9.17, 15) is 4.79 Å². The molecule has 0 amide bonds. The number of carbonyl (C=O) groups is 1. The maximum atomic E-state index is 13.5. The van der Waals surface area contributed by atoms with Crippen molar-refractivity contribution in [1.82, 2.24) is 0 Å². The van der Waals surface area contributed by atoms with E-state index in [1.165, 1.54) is 0 Å². The van der Waals surface area contributed by atoms with E-state index in [2.05, 4.69) is 37.8 Å². The van der Waals surface area contributed by atoms with E-state index in [1.807, 2.05) is 88.4 Å². The van der Waals surface area contributed by atoms with Crippen LogP contribution in [0.25, 0.3) is 0 Å². The number of para-hydroxylation sites is 4. The number of benzene rings is 3. The Kier molecular flexibility index (Phi) is 8.14. The lowest BCUT2D eigenvalue weighted by Crippen LogP contribution is -2.57. The lowest BCUT2D eigenvalue weighted by atomic mass is 9.57. The van der Waals surface area contributed by atoms with Gasteiger partial charge in [-0.1, -0.05) is 57.2 Å². The average molecular weight is 548 g/mol. The summed E-state index contributed by atoms with van der Waals surface area (Å²) in [5.41, 5.74) is 0.737. The van der Waals surface area contributed by atoms with E-state index >= 15 is 0 Å². The summed E-state index contributed by atoms with van der Waals surface area (Å²) in [6, 6.07) is 24.0. The van der Waals surface area contributed by atoms with Crippen LogP contribution < -0.4 is 14.4 Å². The molecule has 0 saturated heterocycles. The van der Waals surface area contributed by atoms with Crippen LogP contribution >= 0.6 is 0 Å². The highest BCUT2D eigenvalue weighted by Crippen LogP contribution is 2.54. The zero-order valence-corrected chi connectivity index (χ0v) is 26.4. The molecule has 1 unspecified atom stereocenters. The van der Waals surface area contributed by atoms with E-state index in [0.717, 1.165) is 34.2 Å². The van der Waals surface area contributed by atoms with Gasteiger partial charge in [-0.15, -0.1) is 0 Å². The lowest BCUT2D eigenvalue weighted by Gasteiger charge is -2.51. The first-order valence-corrected chi connectivity index (χ1v) is 14.4. The van der Waals surface area contributed by atoms with Crippen LogP contribution in [0, 0.1) is 10.8 Å².